The van der Waals surface area contributed by atoms with Crippen LogP contribution < -0.4 is 0 Å². The normalized spacial score (nSPS) is 19.4. The van der Waals surface area contributed by atoms with Gasteiger partial charge in [-0.05, 0) is 26.0 Å². The Bertz CT molecular complexity index is 202. The van der Waals surface area contributed by atoms with E-state index in [1.54, 1.807) is 11.8 Å². The number of esters is 1. The fourth-order valence-electron chi connectivity index (χ4n) is 1.93. The first kappa shape index (κ1) is 13.8. The molecule has 4 heteroatoms. The molecule has 1 atom stereocenters. The summed E-state index contributed by atoms with van der Waals surface area (Å²) in [6.07, 6.45) is 8.33. The molecule has 0 N–H and O–H groups in total. The van der Waals surface area contributed by atoms with Crippen LogP contribution in [0.25, 0.3) is 0 Å². The van der Waals surface area contributed by atoms with Gasteiger partial charge in [0.05, 0.1) is 12.5 Å². The fourth-order valence-corrected chi connectivity index (χ4v) is 2.30. The first-order valence-corrected chi connectivity index (χ1v) is 7.45. The van der Waals surface area contributed by atoms with E-state index in [-0.39, 0.29) is 12.1 Å². The van der Waals surface area contributed by atoms with Gasteiger partial charge in [-0.3, -0.25) is 4.79 Å². The molecular formula is C12H22O3S. The van der Waals surface area contributed by atoms with Gasteiger partial charge in [0.1, 0.15) is 0 Å². The first-order chi connectivity index (χ1) is 7.72. The van der Waals surface area contributed by atoms with Gasteiger partial charge in [-0.25, -0.2) is 0 Å². The quantitative estimate of drug-likeness (QED) is 0.533. The van der Waals surface area contributed by atoms with Crippen LogP contribution in [0.4, 0.5) is 0 Å². The SMILES string of the molecule is CSCCC(=O)OC(C)OC1CCCCC1. The van der Waals surface area contributed by atoms with Crippen LogP contribution in [0.2, 0.25) is 0 Å². The van der Waals surface area contributed by atoms with Crippen molar-refractivity contribution >= 4 is 17.7 Å². The van der Waals surface area contributed by atoms with Crippen molar-refractivity contribution in [3.63, 3.8) is 0 Å². The van der Waals surface area contributed by atoms with Gasteiger partial charge in [0.15, 0.2) is 6.29 Å². The highest BCUT2D eigenvalue weighted by Gasteiger charge is 2.18. The third kappa shape index (κ3) is 5.75. The van der Waals surface area contributed by atoms with Crippen LogP contribution in [-0.4, -0.2) is 30.4 Å². The molecule has 94 valence electrons. The minimum absolute atomic E-state index is 0.155. The zero-order valence-electron chi connectivity index (χ0n) is 10.2. The van der Waals surface area contributed by atoms with Crippen LogP contribution in [0.15, 0.2) is 0 Å². The number of hydrogen-bond acceptors (Lipinski definition) is 4. The Morgan fingerprint density at radius 3 is 2.69 bits per heavy atom. The zero-order valence-corrected chi connectivity index (χ0v) is 11.1. The van der Waals surface area contributed by atoms with Gasteiger partial charge >= 0.3 is 5.97 Å². The summed E-state index contributed by atoms with van der Waals surface area (Å²) < 4.78 is 10.9. The highest BCUT2D eigenvalue weighted by atomic mass is 32.2. The van der Waals surface area contributed by atoms with E-state index in [9.17, 15) is 4.79 Å². The van der Waals surface area contributed by atoms with Crippen LogP contribution in [0.1, 0.15) is 45.4 Å². The van der Waals surface area contributed by atoms with E-state index in [4.69, 9.17) is 9.47 Å². The largest absolute Gasteiger partial charge is 0.436 e. The maximum Gasteiger partial charge on any atom is 0.308 e. The van der Waals surface area contributed by atoms with E-state index < -0.39 is 6.29 Å². The lowest BCUT2D eigenvalue weighted by molar-refractivity contribution is -0.186. The molecule has 0 heterocycles. The van der Waals surface area contributed by atoms with Crippen molar-refractivity contribution in [2.45, 2.75) is 57.8 Å². The summed E-state index contributed by atoms with van der Waals surface area (Å²) in [5.74, 6) is 0.660. The molecule has 0 bridgehead atoms. The molecule has 0 saturated heterocycles. The summed E-state index contributed by atoms with van der Waals surface area (Å²) in [5, 5.41) is 0. The minimum Gasteiger partial charge on any atom is -0.436 e. The molecule has 0 aromatic carbocycles. The predicted octanol–water partition coefficient (Wildman–Crippen LogP) is 2.98. The summed E-state index contributed by atoms with van der Waals surface area (Å²) in [6.45, 7) is 1.81. The fraction of sp³-hybridized carbons (Fsp3) is 0.917. The lowest BCUT2D eigenvalue weighted by Crippen LogP contribution is -2.26. The van der Waals surface area contributed by atoms with E-state index in [1.165, 1.54) is 19.3 Å². The molecule has 1 rings (SSSR count). The van der Waals surface area contributed by atoms with Crippen molar-refractivity contribution in [2.24, 2.45) is 0 Å². The second kappa shape index (κ2) is 7.96. The predicted molar refractivity (Wildman–Crippen MR) is 66.5 cm³/mol. The molecule has 3 nitrogen and oxygen atoms in total. The third-order valence-electron chi connectivity index (χ3n) is 2.74. The van der Waals surface area contributed by atoms with Crippen LogP contribution in [-0.2, 0) is 14.3 Å². The smallest absolute Gasteiger partial charge is 0.308 e. The molecule has 0 amide bonds. The molecule has 0 radical (unpaired) electrons. The van der Waals surface area contributed by atoms with E-state index in [0.29, 0.717) is 6.42 Å². The minimum atomic E-state index is -0.391. The summed E-state index contributed by atoms with van der Waals surface area (Å²) in [5.41, 5.74) is 0. The average molecular weight is 246 g/mol. The molecule has 1 aliphatic carbocycles. The maximum atomic E-state index is 11.3. The third-order valence-corrected chi connectivity index (χ3v) is 3.36. The molecule has 0 aromatic rings. The first-order valence-electron chi connectivity index (χ1n) is 6.06. The average Bonchev–Trinajstić information content (AvgIpc) is 2.27. The Morgan fingerprint density at radius 1 is 1.38 bits per heavy atom. The van der Waals surface area contributed by atoms with E-state index >= 15 is 0 Å². The molecule has 1 saturated carbocycles. The summed E-state index contributed by atoms with van der Waals surface area (Å²) >= 11 is 1.65. The number of thioether (sulfide) groups is 1. The Balaban J connectivity index is 2.13. The van der Waals surface area contributed by atoms with Gasteiger partial charge in [-0.2, -0.15) is 11.8 Å². The molecule has 16 heavy (non-hydrogen) atoms. The van der Waals surface area contributed by atoms with E-state index in [2.05, 4.69) is 0 Å². The van der Waals surface area contributed by atoms with Gasteiger partial charge in [-0.1, -0.05) is 19.3 Å². The number of rotatable bonds is 6. The van der Waals surface area contributed by atoms with Crippen molar-refractivity contribution in [3.05, 3.63) is 0 Å². The maximum absolute atomic E-state index is 11.3. The molecule has 0 aliphatic heterocycles. The van der Waals surface area contributed by atoms with Crippen molar-refractivity contribution in [3.8, 4) is 0 Å². The summed E-state index contributed by atoms with van der Waals surface area (Å²) in [4.78, 5) is 11.3. The highest BCUT2D eigenvalue weighted by molar-refractivity contribution is 7.98. The number of carbonyl (C=O) groups is 1. The van der Waals surface area contributed by atoms with Crippen molar-refractivity contribution in [2.75, 3.05) is 12.0 Å². The van der Waals surface area contributed by atoms with Gasteiger partial charge in [-0.15, -0.1) is 0 Å². The van der Waals surface area contributed by atoms with Crippen molar-refractivity contribution < 1.29 is 14.3 Å². The monoisotopic (exact) mass is 246 g/mol. The molecule has 0 spiro atoms. The van der Waals surface area contributed by atoms with Crippen LogP contribution in [0.5, 0.6) is 0 Å². The van der Waals surface area contributed by atoms with Crippen molar-refractivity contribution in [1.82, 2.24) is 0 Å². The lowest BCUT2D eigenvalue weighted by Gasteiger charge is -2.25. The molecule has 0 aromatic heterocycles. The standard InChI is InChI=1S/C12H22O3S/c1-10(15-12(13)8-9-16-2)14-11-6-4-3-5-7-11/h10-11H,3-9H2,1-2H3. The summed E-state index contributed by atoms with van der Waals surface area (Å²) in [7, 11) is 0. The topological polar surface area (TPSA) is 35.5 Å². The Morgan fingerprint density at radius 2 is 2.06 bits per heavy atom. The Hall–Kier alpha value is -0.220. The second-order valence-corrected chi connectivity index (χ2v) is 5.18. The van der Waals surface area contributed by atoms with Gasteiger partial charge < -0.3 is 9.47 Å². The van der Waals surface area contributed by atoms with Gasteiger partial charge in [0, 0.05) is 5.75 Å². The lowest BCUT2D eigenvalue weighted by atomic mass is 9.98. The number of ether oxygens (including phenoxy) is 2. The van der Waals surface area contributed by atoms with Gasteiger partial charge in [0.2, 0.25) is 0 Å². The molecule has 1 fully saturated rings. The highest BCUT2D eigenvalue weighted by Crippen LogP contribution is 2.21. The Kier molecular flexibility index (Phi) is 6.88. The second-order valence-electron chi connectivity index (χ2n) is 4.20. The van der Waals surface area contributed by atoms with Crippen LogP contribution >= 0.6 is 11.8 Å². The van der Waals surface area contributed by atoms with Gasteiger partial charge in [0.25, 0.3) is 0 Å². The molecule has 1 aliphatic rings. The zero-order chi connectivity index (χ0) is 11.8. The van der Waals surface area contributed by atoms with Crippen LogP contribution in [0, 0.1) is 0 Å². The number of hydrogen-bond donors (Lipinski definition) is 0. The molecular weight excluding hydrogens is 224 g/mol. The number of carbonyl (C=O) groups excluding carboxylic acids is 1. The van der Waals surface area contributed by atoms with E-state index in [0.717, 1.165) is 18.6 Å². The Labute approximate surface area is 102 Å². The van der Waals surface area contributed by atoms with Crippen molar-refractivity contribution in [1.29, 1.82) is 0 Å². The van der Waals surface area contributed by atoms with E-state index in [1.807, 2.05) is 13.2 Å². The van der Waals surface area contributed by atoms with Crippen LogP contribution in [0.3, 0.4) is 0 Å². The molecule has 1 unspecified atom stereocenters. The summed E-state index contributed by atoms with van der Waals surface area (Å²) in [6, 6.07) is 0.